The maximum Gasteiger partial charge on any atom is 0.490 e. The standard InChI is InChI=1S/C28H27ClF3NO6/c1-4-38-26(35)24-20(13-14-21(17-9-6-5-7-10-17)39-27(36)28(30,31)32)33-16(2)22(25(34)37-3)23(24)18-11-8-12-19(29)15-18/h5-12,15,21,23,33H,4,13-14H2,1-3H3. The minimum atomic E-state index is -5.18. The van der Waals surface area contributed by atoms with Gasteiger partial charge >= 0.3 is 24.1 Å². The zero-order valence-corrected chi connectivity index (χ0v) is 22.2. The number of ether oxygens (including phenoxy) is 3. The van der Waals surface area contributed by atoms with E-state index in [2.05, 4.69) is 5.32 Å². The molecule has 2 aromatic carbocycles. The van der Waals surface area contributed by atoms with Crippen LogP contribution in [0.5, 0.6) is 0 Å². The van der Waals surface area contributed by atoms with Crippen LogP contribution in [-0.4, -0.2) is 37.8 Å². The summed E-state index contributed by atoms with van der Waals surface area (Å²) in [5, 5.41) is 3.40. The molecule has 2 atom stereocenters. The smallest absolute Gasteiger partial charge is 0.466 e. The fraction of sp³-hybridized carbons (Fsp3) is 0.321. The summed E-state index contributed by atoms with van der Waals surface area (Å²) in [6.07, 6.45) is -6.59. The summed E-state index contributed by atoms with van der Waals surface area (Å²) in [6, 6.07) is 14.6. The lowest BCUT2D eigenvalue weighted by Crippen LogP contribution is -2.33. The number of hydrogen-bond donors (Lipinski definition) is 1. The number of allylic oxidation sites excluding steroid dienone is 2. The molecule has 0 aliphatic carbocycles. The number of dihydropyridines is 1. The van der Waals surface area contributed by atoms with E-state index in [1.54, 1.807) is 68.4 Å². The largest absolute Gasteiger partial charge is 0.490 e. The Labute approximate surface area is 228 Å². The van der Waals surface area contributed by atoms with Crippen molar-refractivity contribution >= 4 is 29.5 Å². The Morgan fingerprint density at radius 3 is 2.31 bits per heavy atom. The summed E-state index contributed by atoms with van der Waals surface area (Å²) >= 11 is 6.22. The molecule has 208 valence electrons. The molecular weight excluding hydrogens is 539 g/mol. The van der Waals surface area contributed by atoms with Crippen molar-refractivity contribution in [1.29, 1.82) is 0 Å². The lowest BCUT2D eigenvalue weighted by atomic mass is 9.79. The van der Waals surface area contributed by atoms with Gasteiger partial charge in [-0.15, -0.1) is 0 Å². The quantitative estimate of drug-likeness (QED) is 0.298. The summed E-state index contributed by atoms with van der Waals surface area (Å²) in [7, 11) is 1.21. The average Bonchev–Trinajstić information content (AvgIpc) is 2.90. The van der Waals surface area contributed by atoms with Gasteiger partial charge in [-0.25, -0.2) is 14.4 Å². The van der Waals surface area contributed by atoms with Gasteiger partial charge in [-0.2, -0.15) is 13.2 Å². The molecule has 0 bridgehead atoms. The molecule has 2 aromatic rings. The molecule has 3 rings (SSSR count). The summed E-state index contributed by atoms with van der Waals surface area (Å²) in [5.74, 6) is -4.69. The molecule has 2 unspecified atom stereocenters. The van der Waals surface area contributed by atoms with Crippen molar-refractivity contribution in [3.63, 3.8) is 0 Å². The first-order chi connectivity index (χ1) is 18.5. The van der Waals surface area contributed by atoms with E-state index in [0.717, 1.165) is 0 Å². The number of benzene rings is 2. The van der Waals surface area contributed by atoms with Gasteiger partial charge in [0.25, 0.3) is 0 Å². The molecule has 1 N–H and O–H groups in total. The third-order valence-corrected chi connectivity index (χ3v) is 6.27. The second-order valence-electron chi connectivity index (χ2n) is 8.60. The molecule has 0 saturated carbocycles. The van der Waals surface area contributed by atoms with Crippen LogP contribution in [0.2, 0.25) is 5.02 Å². The molecule has 1 aliphatic rings. The molecule has 0 radical (unpaired) electrons. The number of rotatable bonds is 9. The van der Waals surface area contributed by atoms with Gasteiger partial charge in [0, 0.05) is 16.4 Å². The summed E-state index contributed by atoms with van der Waals surface area (Å²) in [5.41, 5.74) is 1.74. The Kier molecular flexibility index (Phi) is 9.80. The Bertz CT molecular complexity index is 1290. The molecular formula is C28H27ClF3NO6. The van der Waals surface area contributed by atoms with Crippen LogP contribution in [0.1, 0.15) is 49.8 Å². The highest BCUT2D eigenvalue weighted by Gasteiger charge is 2.43. The lowest BCUT2D eigenvalue weighted by Gasteiger charge is -2.32. The van der Waals surface area contributed by atoms with Crippen LogP contribution in [0.4, 0.5) is 13.2 Å². The van der Waals surface area contributed by atoms with Crippen LogP contribution in [0.3, 0.4) is 0 Å². The zero-order valence-electron chi connectivity index (χ0n) is 21.4. The lowest BCUT2D eigenvalue weighted by molar-refractivity contribution is -0.205. The number of hydrogen-bond acceptors (Lipinski definition) is 7. The zero-order chi connectivity index (χ0) is 28.7. The van der Waals surface area contributed by atoms with E-state index in [1.165, 1.54) is 7.11 Å². The van der Waals surface area contributed by atoms with Crippen LogP contribution in [0.25, 0.3) is 0 Å². The second kappa shape index (κ2) is 12.8. The van der Waals surface area contributed by atoms with Crippen molar-refractivity contribution in [3.05, 3.63) is 93.3 Å². The van der Waals surface area contributed by atoms with E-state index in [9.17, 15) is 27.6 Å². The maximum absolute atomic E-state index is 13.3. The van der Waals surface area contributed by atoms with Crippen molar-refractivity contribution in [3.8, 4) is 0 Å². The molecule has 1 heterocycles. The Morgan fingerprint density at radius 2 is 1.72 bits per heavy atom. The van der Waals surface area contributed by atoms with Crippen molar-refractivity contribution in [2.45, 2.75) is 44.9 Å². The summed E-state index contributed by atoms with van der Waals surface area (Å²) in [6.45, 7) is 3.27. The highest BCUT2D eigenvalue weighted by Crippen LogP contribution is 2.41. The van der Waals surface area contributed by atoms with Gasteiger partial charge < -0.3 is 19.5 Å². The number of alkyl halides is 3. The van der Waals surface area contributed by atoms with Gasteiger partial charge in [0.05, 0.1) is 30.8 Å². The number of methoxy groups -OCH3 is 1. The van der Waals surface area contributed by atoms with Gasteiger partial charge in [-0.1, -0.05) is 54.1 Å². The number of carbonyl (C=O) groups excluding carboxylic acids is 3. The molecule has 39 heavy (non-hydrogen) atoms. The van der Waals surface area contributed by atoms with E-state index >= 15 is 0 Å². The van der Waals surface area contributed by atoms with Crippen molar-refractivity contribution in [2.75, 3.05) is 13.7 Å². The van der Waals surface area contributed by atoms with Gasteiger partial charge in [-0.05, 0) is 49.9 Å². The van der Waals surface area contributed by atoms with Crippen LogP contribution in [-0.2, 0) is 28.6 Å². The van der Waals surface area contributed by atoms with E-state index in [4.69, 9.17) is 25.8 Å². The van der Waals surface area contributed by atoms with Crippen molar-refractivity contribution < 1.29 is 41.8 Å². The van der Waals surface area contributed by atoms with Crippen LogP contribution in [0.15, 0.2) is 77.1 Å². The summed E-state index contributed by atoms with van der Waals surface area (Å²) < 4.78 is 54.2. The first kappa shape index (κ1) is 29.8. The van der Waals surface area contributed by atoms with Gasteiger partial charge in [0.15, 0.2) is 0 Å². The number of carbonyl (C=O) groups is 3. The monoisotopic (exact) mass is 565 g/mol. The fourth-order valence-corrected chi connectivity index (χ4v) is 4.58. The van der Waals surface area contributed by atoms with Gasteiger partial charge in [0.2, 0.25) is 0 Å². The van der Waals surface area contributed by atoms with Crippen LogP contribution in [0, 0.1) is 0 Å². The molecule has 7 nitrogen and oxygen atoms in total. The third kappa shape index (κ3) is 7.20. The molecule has 11 heteroatoms. The van der Waals surface area contributed by atoms with Gasteiger partial charge in [-0.3, -0.25) is 0 Å². The van der Waals surface area contributed by atoms with E-state index in [1.807, 2.05) is 0 Å². The molecule has 0 fully saturated rings. The van der Waals surface area contributed by atoms with E-state index in [0.29, 0.717) is 27.5 Å². The summed E-state index contributed by atoms with van der Waals surface area (Å²) in [4.78, 5) is 37.9. The SMILES string of the molecule is CCOC(=O)C1=C(CCC(OC(=O)C(F)(F)F)c2ccccc2)NC(C)=C(C(=O)OC)C1c1cccc(Cl)c1. The predicted molar refractivity (Wildman–Crippen MR) is 136 cm³/mol. The molecule has 0 saturated heterocycles. The van der Waals surface area contributed by atoms with Gasteiger partial charge in [0.1, 0.15) is 6.10 Å². The van der Waals surface area contributed by atoms with E-state index in [-0.39, 0.29) is 30.6 Å². The first-order valence-corrected chi connectivity index (χ1v) is 12.4. The van der Waals surface area contributed by atoms with Crippen LogP contribution < -0.4 is 5.32 Å². The Hall–Kier alpha value is -3.79. The maximum atomic E-state index is 13.3. The third-order valence-electron chi connectivity index (χ3n) is 6.04. The fourth-order valence-electron chi connectivity index (χ4n) is 4.38. The molecule has 1 aliphatic heterocycles. The molecule has 0 spiro atoms. The minimum Gasteiger partial charge on any atom is -0.466 e. The number of halogens is 4. The topological polar surface area (TPSA) is 90.9 Å². The average molecular weight is 566 g/mol. The van der Waals surface area contributed by atoms with Crippen molar-refractivity contribution in [1.82, 2.24) is 5.32 Å². The molecule has 0 aromatic heterocycles. The number of nitrogens with one attached hydrogen (secondary N) is 1. The normalized spacial score (nSPS) is 16.3. The predicted octanol–water partition coefficient (Wildman–Crippen LogP) is 5.92. The Morgan fingerprint density at radius 1 is 1.03 bits per heavy atom. The van der Waals surface area contributed by atoms with E-state index < -0.39 is 36.1 Å². The van der Waals surface area contributed by atoms with Crippen LogP contribution >= 0.6 is 11.6 Å². The minimum absolute atomic E-state index is 0.0261. The molecule has 0 amide bonds. The van der Waals surface area contributed by atoms with Crippen molar-refractivity contribution in [2.24, 2.45) is 0 Å². The highest BCUT2D eigenvalue weighted by molar-refractivity contribution is 6.30. The Balaban J connectivity index is 2.10. The second-order valence-corrected chi connectivity index (χ2v) is 9.03. The number of esters is 3. The highest BCUT2D eigenvalue weighted by atomic mass is 35.5. The first-order valence-electron chi connectivity index (χ1n) is 12.0.